The van der Waals surface area contributed by atoms with Gasteiger partial charge in [-0.25, -0.2) is 0 Å². The smallest absolute Gasteiger partial charge is 0.0401 e. The lowest BCUT2D eigenvalue weighted by Gasteiger charge is -2.31. The summed E-state index contributed by atoms with van der Waals surface area (Å²) in [6, 6.07) is 7.82. The van der Waals surface area contributed by atoms with E-state index < -0.39 is 0 Å². The maximum atomic E-state index is 2.61. The van der Waals surface area contributed by atoms with E-state index in [1.165, 1.54) is 56.3 Å². The quantitative estimate of drug-likeness (QED) is 0.730. The predicted octanol–water partition coefficient (Wildman–Crippen LogP) is 5.22. The van der Waals surface area contributed by atoms with Crippen LogP contribution in [0.5, 0.6) is 0 Å². The molecule has 0 unspecified atom stereocenters. The summed E-state index contributed by atoms with van der Waals surface area (Å²) in [4.78, 5) is 2.61. The van der Waals surface area contributed by atoms with E-state index in [0.29, 0.717) is 6.04 Å². The maximum Gasteiger partial charge on any atom is 0.0401 e. The number of rotatable bonds is 3. The summed E-state index contributed by atoms with van der Waals surface area (Å²) in [5.74, 6) is 0.741. The first kappa shape index (κ1) is 15.4. The van der Waals surface area contributed by atoms with Gasteiger partial charge in [-0.1, -0.05) is 38.8 Å². The normalized spacial score (nSPS) is 16.8. The number of nitrogens with zero attached hydrogens (tertiary/aromatic N) is 1. The first-order valence-electron chi connectivity index (χ1n) is 8.46. The lowest BCUT2D eigenvalue weighted by Crippen LogP contribution is -2.32. The van der Waals surface area contributed by atoms with Gasteiger partial charge < -0.3 is 4.90 Å². The van der Waals surface area contributed by atoms with Gasteiger partial charge in [0.25, 0.3) is 0 Å². The fourth-order valence-corrected chi connectivity index (χ4v) is 3.33. The zero-order chi connectivity index (χ0) is 14.5. The summed E-state index contributed by atoms with van der Waals surface area (Å²) in [5.41, 5.74) is 4.59. The van der Waals surface area contributed by atoms with Gasteiger partial charge in [-0.3, -0.25) is 0 Å². The molecule has 1 aliphatic rings. The highest BCUT2D eigenvalue weighted by Gasteiger charge is 2.16. The van der Waals surface area contributed by atoms with Gasteiger partial charge in [-0.15, -0.1) is 0 Å². The molecule has 0 amide bonds. The van der Waals surface area contributed by atoms with Crippen molar-refractivity contribution < 1.29 is 0 Å². The summed E-state index contributed by atoms with van der Waals surface area (Å²) in [7, 11) is 0. The molecular formula is C19H31N. The van der Waals surface area contributed by atoms with Crippen molar-refractivity contribution in [1.82, 2.24) is 0 Å². The molecule has 1 aromatic carbocycles. The van der Waals surface area contributed by atoms with Crippen molar-refractivity contribution in [3.05, 3.63) is 29.3 Å². The minimum absolute atomic E-state index is 0.600. The summed E-state index contributed by atoms with van der Waals surface area (Å²) in [6.45, 7) is 10.5. The average molecular weight is 273 g/mol. The molecule has 1 aliphatic heterocycles. The second-order valence-corrected chi connectivity index (χ2v) is 7.01. The number of anilines is 1. The largest absolute Gasteiger partial charge is 0.369 e. The molecule has 0 saturated heterocycles. The zero-order valence-corrected chi connectivity index (χ0v) is 13.8. The molecule has 2 rings (SSSR count). The van der Waals surface area contributed by atoms with E-state index in [2.05, 4.69) is 50.8 Å². The van der Waals surface area contributed by atoms with Crippen LogP contribution in [0.25, 0.3) is 0 Å². The van der Waals surface area contributed by atoms with Crippen LogP contribution in [-0.2, 0) is 12.8 Å². The monoisotopic (exact) mass is 273 g/mol. The maximum absolute atomic E-state index is 2.61. The van der Waals surface area contributed by atoms with Gasteiger partial charge in [0.1, 0.15) is 0 Å². The van der Waals surface area contributed by atoms with Crippen LogP contribution in [-0.4, -0.2) is 12.6 Å². The molecule has 0 bridgehead atoms. The van der Waals surface area contributed by atoms with Crippen molar-refractivity contribution in [2.45, 2.75) is 72.3 Å². The molecule has 0 saturated carbocycles. The molecule has 1 heteroatoms. The van der Waals surface area contributed by atoms with Crippen LogP contribution < -0.4 is 4.90 Å². The van der Waals surface area contributed by atoms with Gasteiger partial charge in [0.05, 0.1) is 0 Å². The van der Waals surface area contributed by atoms with Gasteiger partial charge in [0.15, 0.2) is 0 Å². The van der Waals surface area contributed by atoms with Crippen molar-refractivity contribution >= 4 is 5.69 Å². The summed E-state index contributed by atoms with van der Waals surface area (Å²) >= 11 is 0. The minimum atomic E-state index is 0.600. The highest BCUT2D eigenvalue weighted by atomic mass is 15.1. The Balaban J connectivity index is 2.31. The van der Waals surface area contributed by atoms with Crippen LogP contribution in [0, 0.1) is 5.92 Å². The van der Waals surface area contributed by atoms with Gasteiger partial charge in [-0.05, 0) is 62.6 Å². The third kappa shape index (κ3) is 4.01. The van der Waals surface area contributed by atoms with E-state index in [1.54, 1.807) is 5.56 Å². The van der Waals surface area contributed by atoms with Crippen molar-refractivity contribution in [2.75, 3.05) is 11.4 Å². The number of hydrogen-bond donors (Lipinski definition) is 0. The second kappa shape index (κ2) is 7.15. The standard InChI is InChI=1S/C19H31N/c1-15(2)13-17-10-11-19-18(14-17)9-7-5-6-8-12-20(19)16(3)4/h10-11,14-16H,5-9,12-13H2,1-4H3. The minimum Gasteiger partial charge on any atom is -0.369 e. The second-order valence-electron chi connectivity index (χ2n) is 7.01. The van der Waals surface area contributed by atoms with Gasteiger partial charge >= 0.3 is 0 Å². The molecule has 112 valence electrons. The van der Waals surface area contributed by atoms with Crippen LogP contribution in [0.4, 0.5) is 5.69 Å². The Bertz CT molecular complexity index is 420. The fourth-order valence-electron chi connectivity index (χ4n) is 3.33. The average Bonchev–Trinajstić information content (AvgIpc) is 2.47. The Hall–Kier alpha value is -0.980. The fraction of sp³-hybridized carbons (Fsp3) is 0.684. The Kier molecular flexibility index (Phi) is 5.51. The molecule has 0 atom stereocenters. The van der Waals surface area contributed by atoms with Gasteiger partial charge in [0, 0.05) is 18.3 Å². The molecular weight excluding hydrogens is 242 g/mol. The summed E-state index contributed by atoms with van der Waals surface area (Å²) < 4.78 is 0. The SMILES string of the molecule is CC(C)Cc1ccc2c(c1)CCCCCCN2C(C)C. The summed E-state index contributed by atoms with van der Waals surface area (Å²) in [6.07, 6.45) is 7.92. The molecule has 1 heterocycles. The molecule has 0 fully saturated rings. The van der Waals surface area contributed by atoms with E-state index in [4.69, 9.17) is 0 Å². The van der Waals surface area contributed by atoms with Gasteiger partial charge in [-0.2, -0.15) is 0 Å². The van der Waals surface area contributed by atoms with Crippen LogP contribution in [0.15, 0.2) is 18.2 Å². The first-order valence-corrected chi connectivity index (χ1v) is 8.46. The van der Waals surface area contributed by atoms with E-state index >= 15 is 0 Å². The third-order valence-electron chi connectivity index (χ3n) is 4.32. The Morgan fingerprint density at radius 3 is 2.45 bits per heavy atom. The topological polar surface area (TPSA) is 3.24 Å². The lowest BCUT2D eigenvalue weighted by molar-refractivity contribution is 0.612. The molecule has 20 heavy (non-hydrogen) atoms. The lowest BCUT2D eigenvalue weighted by atomic mass is 9.97. The highest BCUT2D eigenvalue weighted by molar-refractivity contribution is 5.56. The van der Waals surface area contributed by atoms with Crippen molar-refractivity contribution in [2.24, 2.45) is 5.92 Å². The molecule has 0 N–H and O–H groups in total. The van der Waals surface area contributed by atoms with Crippen LogP contribution in [0.1, 0.15) is 64.5 Å². The van der Waals surface area contributed by atoms with E-state index in [-0.39, 0.29) is 0 Å². The van der Waals surface area contributed by atoms with E-state index in [9.17, 15) is 0 Å². The Labute approximate surface area is 125 Å². The highest BCUT2D eigenvalue weighted by Crippen LogP contribution is 2.28. The van der Waals surface area contributed by atoms with Crippen LogP contribution >= 0.6 is 0 Å². The van der Waals surface area contributed by atoms with Gasteiger partial charge in [0.2, 0.25) is 0 Å². The zero-order valence-electron chi connectivity index (χ0n) is 13.8. The number of aryl methyl sites for hydroxylation is 1. The number of benzene rings is 1. The first-order chi connectivity index (χ1) is 9.58. The molecule has 1 aromatic rings. The van der Waals surface area contributed by atoms with Crippen molar-refractivity contribution in [3.8, 4) is 0 Å². The van der Waals surface area contributed by atoms with E-state index in [1.807, 2.05) is 0 Å². The molecule has 0 aliphatic carbocycles. The molecule has 1 nitrogen and oxygen atoms in total. The summed E-state index contributed by atoms with van der Waals surface area (Å²) in [5, 5.41) is 0. The number of hydrogen-bond acceptors (Lipinski definition) is 1. The Morgan fingerprint density at radius 2 is 1.75 bits per heavy atom. The Morgan fingerprint density at radius 1 is 1.00 bits per heavy atom. The molecule has 0 spiro atoms. The van der Waals surface area contributed by atoms with E-state index in [0.717, 1.165) is 5.92 Å². The van der Waals surface area contributed by atoms with Crippen LogP contribution in [0.2, 0.25) is 0 Å². The number of fused-ring (bicyclic) bond motifs is 1. The molecule has 0 aromatic heterocycles. The van der Waals surface area contributed by atoms with Crippen molar-refractivity contribution in [1.29, 1.82) is 0 Å². The molecule has 0 radical (unpaired) electrons. The van der Waals surface area contributed by atoms with Crippen LogP contribution in [0.3, 0.4) is 0 Å². The van der Waals surface area contributed by atoms with Crippen molar-refractivity contribution in [3.63, 3.8) is 0 Å². The third-order valence-corrected chi connectivity index (χ3v) is 4.32. The predicted molar refractivity (Wildman–Crippen MR) is 89.6 cm³/mol.